The molecule has 0 aliphatic rings. The van der Waals surface area contributed by atoms with E-state index in [1.54, 1.807) is 0 Å². The predicted molar refractivity (Wildman–Crippen MR) is 49.9 cm³/mol. The Balaban J connectivity index is 2.84. The lowest BCUT2D eigenvalue weighted by atomic mass is 10.2. The van der Waals surface area contributed by atoms with Gasteiger partial charge in [0.2, 0.25) is 5.52 Å². The van der Waals surface area contributed by atoms with Crippen molar-refractivity contribution in [3.8, 4) is 0 Å². The van der Waals surface area contributed by atoms with Crippen LogP contribution in [-0.4, -0.2) is 0 Å². The van der Waals surface area contributed by atoms with Crippen LogP contribution in [0.2, 0.25) is 0 Å². The fraction of sp³-hybridized carbons (Fsp3) is 0.182. The van der Waals surface area contributed by atoms with Crippen LogP contribution in [-0.2, 0) is 7.02 Å². The van der Waals surface area contributed by atoms with Gasteiger partial charge in [0, 0.05) is 24.4 Å². The highest BCUT2D eigenvalue weighted by atomic mass is 14.9. The van der Waals surface area contributed by atoms with E-state index in [1.165, 1.54) is 5.39 Å². The number of benzene rings is 1. The monoisotopic (exact) mass is 159 g/mol. The van der Waals surface area contributed by atoms with Gasteiger partial charge in [-0.05, 0) is 12.1 Å². The van der Waals surface area contributed by atoms with Crippen molar-refractivity contribution in [2.24, 2.45) is 7.02 Å². The van der Waals surface area contributed by atoms with Gasteiger partial charge in [-0.2, -0.15) is 4.57 Å². The number of aromatic nitrogens is 1. The quantitative estimate of drug-likeness (QED) is 0.517. The molecule has 2 aromatic rings. The zero-order valence-electron chi connectivity index (χ0n) is 8.12. The fourth-order valence-corrected chi connectivity index (χ4v) is 1.36. The molecule has 0 N–H and O–H groups in total. The van der Waals surface area contributed by atoms with Gasteiger partial charge in [0.1, 0.15) is 8.39 Å². The second-order valence-corrected chi connectivity index (χ2v) is 2.96. The number of rotatable bonds is 0. The molecule has 1 aromatic heterocycles. The average molecular weight is 159 g/mol. The molecule has 2 rings (SSSR count). The number of para-hydroxylation sites is 1. The smallest absolute Gasteiger partial charge is 0.199 e. The van der Waals surface area contributed by atoms with E-state index >= 15 is 0 Å². The van der Waals surface area contributed by atoms with Crippen LogP contribution in [0.1, 0.15) is 7.06 Å². The van der Waals surface area contributed by atoms with E-state index in [4.69, 9.17) is 1.37 Å². The van der Waals surface area contributed by atoms with Crippen molar-refractivity contribution in [1.29, 1.82) is 0 Å². The molecule has 1 heterocycles. The summed E-state index contributed by atoms with van der Waals surface area (Å²) in [6, 6.07) is 12.3. The Morgan fingerprint density at radius 1 is 1.17 bits per heavy atom. The predicted octanol–water partition coefficient (Wildman–Crippen LogP) is 1.97. The minimum atomic E-state index is 0.285. The third-order valence-electron chi connectivity index (χ3n) is 2.16. The van der Waals surface area contributed by atoms with E-state index in [0.717, 1.165) is 11.2 Å². The summed E-state index contributed by atoms with van der Waals surface area (Å²) in [4.78, 5) is 0. The second-order valence-electron chi connectivity index (χ2n) is 2.96. The molecule has 0 amide bonds. The Morgan fingerprint density at radius 3 is 2.83 bits per heavy atom. The summed E-state index contributed by atoms with van der Waals surface area (Å²) in [5, 5.41) is 1.19. The molecule has 12 heavy (non-hydrogen) atoms. The molecule has 0 radical (unpaired) electrons. The number of aryl methyl sites for hydroxylation is 2. The zero-order valence-corrected chi connectivity index (χ0v) is 7.12. The largest absolute Gasteiger partial charge is 0.212 e. The highest BCUT2D eigenvalue weighted by Crippen LogP contribution is 2.08. The fourth-order valence-electron chi connectivity index (χ4n) is 1.36. The van der Waals surface area contributed by atoms with Gasteiger partial charge >= 0.3 is 0 Å². The second kappa shape index (κ2) is 2.59. The highest BCUT2D eigenvalue weighted by molar-refractivity contribution is 5.75. The van der Waals surface area contributed by atoms with Crippen molar-refractivity contribution >= 4 is 10.9 Å². The molecule has 0 saturated heterocycles. The van der Waals surface area contributed by atoms with Crippen LogP contribution in [0.4, 0.5) is 0 Å². The van der Waals surface area contributed by atoms with Gasteiger partial charge in [0.05, 0.1) is 0 Å². The molecular formula is C11H12N+. The summed E-state index contributed by atoms with van der Waals surface area (Å²) >= 11 is 0. The average Bonchev–Trinajstić information content (AvgIpc) is 2.18. The summed E-state index contributed by atoms with van der Waals surface area (Å²) < 4.78 is 9.42. The van der Waals surface area contributed by atoms with E-state index in [-0.39, 0.29) is 7.02 Å². The van der Waals surface area contributed by atoms with E-state index in [2.05, 4.69) is 24.3 Å². The van der Waals surface area contributed by atoms with Crippen LogP contribution >= 0.6 is 0 Å². The zero-order chi connectivity index (χ0) is 9.26. The molecule has 0 bridgehead atoms. The van der Waals surface area contributed by atoms with Crippen molar-refractivity contribution in [3.05, 3.63) is 42.1 Å². The first-order valence-electron chi connectivity index (χ1n) is 4.71. The first kappa shape index (κ1) is 6.18. The molecule has 1 heteroatoms. The molecule has 1 nitrogen and oxygen atoms in total. The van der Waals surface area contributed by atoms with Gasteiger partial charge in [-0.15, -0.1) is 0 Å². The molecule has 0 atom stereocenters. The number of hydrogen-bond donors (Lipinski definition) is 0. The third-order valence-corrected chi connectivity index (χ3v) is 2.16. The molecule has 1 aromatic carbocycles. The van der Waals surface area contributed by atoms with E-state index in [0.29, 0.717) is 0 Å². The van der Waals surface area contributed by atoms with Crippen LogP contribution in [0, 0.1) is 6.92 Å². The Hall–Kier alpha value is -1.37. The first-order chi connectivity index (χ1) is 6.33. The van der Waals surface area contributed by atoms with Crippen molar-refractivity contribution in [1.82, 2.24) is 0 Å². The summed E-state index contributed by atoms with van der Waals surface area (Å²) in [6.07, 6.45) is 0. The van der Waals surface area contributed by atoms with Gasteiger partial charge in [0.25, 0.3) is 0 Å². The maximum absolute atomic E-state index is 7.43. The van der Waals surface area contributed by atoms with Gasteiger partial charge in [-0.1, -0.05) is 12.1 Å². The van der Waals surface area contributed by atoms with Crippen LogP contribution in [0.25, 0.3) is 10.9 Å². The van der Waals surface area contributed by atoms with Crippen molar-refractivity contribution in [2.45, 2.75) is 6.92 Å². The van der Waals surface area contributed by atoms with E-state index in [9.17, 15) is 0 Å². The maximum atomic E-state index is 7.43. The molecule has 60 valence electrons. The maximum Gasteiger partial charge on any atom is 0.212 e. The summed E-state index contributed by atoms with van der Waals surface area (Å²) in [7, 11) is 0.285. The molecule has 0 saturated carbocycles. The Bertz CT molecular complexity index is 437. The number of nitrogens with zero attached hydrogens (tertiary/aromatic N) is 1. The lowest BCUT2D eigenvalue weighted by Gasteiger charge is -1.97. The van der Waals surface area contributed by atoms with E-state index in [1.807, 2.05) is 23.6 Å². The molecule has 0 aliphatic heterocycles. The summed E-state index contributed by atoms with van der Waals surface area (Å²) in [5.74, 6) is 0. The Labute approximate surface area is 73.7 Å². The van der Waals surface area contributed by atoms with Crippen LogP contribution in [0.3, 0.4) is 0 Å². The molecule has 0 unspecified atom stereocenters. The molecule has 0 spiro atoms. The van der Waals surface area contributed by atoms with Crippen LogP contribution in [0.15, 0.2) is 36.4 Å². The van der Waals surface area contributed by atoms with E-state index < -0.39 is 0 Å². The molecule has 0 aliphatic carbocycles. The Morgan fingerprint density at radius 2 is 2.00 bits per heavy atom. The highest BCUT2D eigenvalue weighted by Gasteiger charge is 2.05. The molecular weight excluding hydrogens is 146 g/mol. The minimum Gasteiger partial charge on any atom is -0.199 e. The van der Waals surface area contributed by atoms with Crippen molar-refractivity contribution in [3.63, 3.8) is 0 Å². The number of fused-ring (bicyclic) bond motifs is 1. The van der Waals surface area contributed by atoms with Gasteiger partial charge in [-0.3, -0.25) is 0 Å². The minimum absolute atomic E-state index is 0.285. The summed E-state index contributed by atoms with van der Waals surface area (Å²) in [6.45, 7) is 2.03. The van der Waals surface area contributed by atoms with Crippen LogP contribution < -0.4 is 4.57 Å². The number of pyridine rings is 1. The number of hydrogen-bond acceptors (Lipinski definition) is 0. The topological polar surface area (TPSA) is 3.88 Å². The SMILES string of the molecule is [2H]C[n+]1c(C)ccc2ccccc21. The Kier molecular flexibility index (Phi) is 1.34. The third kappa shape index (κ3) is 0.981. The lowest BCUT2D eigenvalue weighted by molar-refractivity contribution is -0.651. The lowest BCUT2D eigenvalue weighted by Crippen LogP contribution is -2.32. The van der Waals surface area contributed by atoms with Crippen LogP contribution in [0.5, 0.6) is 0 Å². The summed E-state index contributed by atoms with van der Waals surface area (Å²) in [5.41, 5.74) is 2.27. The first-order valence-corrected chi connectivity index (χ1v) is 4.00. The van der Waals surface area contributed by atoms with Crippen molar-refractivity contribution < 1.29 is 5.94 Å². The standard InChI is InChI=1S/C11H12N/c1-9-7-8-10-5-3-4-6-11(10)12(9)2/h3-8H,1-2H3/q+1/i2D. The molecule has 0 fully saturated rings. The van der Waals surface area contributed by atoms with Gasteiger partial charge in [0.15, 0.2) is 5.69 Å². The van der Waals surface area contributed by atoms with Crippen molar-refractivity contribution in [2.75, 3.05) is 0 Å². The van der Waals surface area contributed by atoms with Gasteiger partial charge < -0.3 is 0 Å². The van der Waals surface area contributed by atoms with Gasteiger partial charge in [-0.25, -0.2) is 0 Å². The normalized spacial score (nSPS) is 11.6.